The molecule has 0 spiro atoms. The summed E-state index contributed by atoms with van der Waals surface area (Å²) in [7, 11) is 0. The normalized spacial score (nSPS) is 20.0. The van der Waals surface area contributed by atoms with Crippen LogP contribution in [0.3, 0.4) is 0 Å². The molecular weight excluding hydrogens is 226 g/mol. The lowest BCUT2D eigenvalue weighted by atomic mass is 10.1. The summed E-state index contributed by atoms with van der Waals surface area (Å²) >= 11 is 0. The Hall–Kier alpha value is -1.39. The second kappa shape index (κ2) is 5.98. The van der Waals surface area contributed by atoms with E-state index in [9.17, 15) is 4.79 Å². The molecule has 1 aliphatic heterocycles. The predicted molar refractivity (Wildman–Crippen MR) is 71.8 cm³/mol. The number of carbonyl (C=O) groups excluding carboxylic acids is 1. The maximum atomic E-state index is 11.5. The summed E-state index contributed by atoms with van der Waals surface area (Å²) in [6, 6.07) is 8.38. The highest BCUT2D eigenvalue weighted by molar-refractivity contribution is 5.93. The molecule has 1 saturated heterocycles. The fourth-order valence-electron chi connectivity index (χ4n) is 2.69. The van der Waals surface area contributed by atoms with Crippen molar-refractivity contribution in [1.82, 2.24) is 10.3 Å². The van der Waals surface area contributed by atoms with Crippen molar-refractivity contribution in [3.8, 4) is 0 Å². The second-order valence-corrected chi connectivity index (χ2v) is 4.85. The minimum absolute atomic E-state index is 0.231. The van der Waals surface area contributed by atoms with Gasteiger partial charge in [-0.15, -0.1) is 0 Å². The molecule has 2 rings (SSSR count). The van der Waals surface area contributed by atoms with Crippen molar-refractivity contribution < 1.29 is 4.79 Å². The number of rotatable bonds is 4. The topological polar surface area (TPSA) is 58.4 Å². The molecule has 0 saturated carbocycles. The van der Waals surface area contributed by atoms with Crippen LogP contribution in [0.15, 0.2) is 24.3 Å². The number of nitrogens with two attached hydrogens (primary N) is 1. The van der Waals surface area contributed by atoms with Crippen molar-refractivity contribution in [2.45, 2.75) is 38.8 Å². The van der Waals surface area contributed by atoms with Crippen molar-refractivity contribution >= 4 is 5.91 Å². The highest BCUT2D eigenvalue weighted by Crippen LogP contribution is 2.22. The van der Waals surface area contributed by atoms with Crippen LogP contribution in [0.1, 0.15) is 42.1 Å². The Morgan fingerprint density at radius 1 is 1.56 bits per heavy atom. The zero-order chi connectivity index (χ0) is 13.0. The standard InChI is InChI=1S/C14H21N3O/c1-2-13-7-4-8-17(13)10-11-5-3-6-12(9-11)14(18)16-15/h3,5-6,9,13H,2,4,7-8,10,15H2,1H3,(H,16,18). The van der Waals surface area contributed by atoms with Gasteiger partial charge in [-0.05, 0) is 43.5 Å². The SMILES string of the molecule is CCC1CCCN1Cc1cccc(C(=O)NN)c1. The summed E-state index contributed by atoms with van der Waals surface area (Å²) in [6.07, 6.45) is 3.77. The van der Waals surface area contributed by atoms with Crippen LogP contribution in [0.5, 0.6) is 0 Å². The van der Waals surface area contributed by atoms with E-state index in [2.05, 4.69) is 23.3 Å². The first-order valence-corrected chi connectivity index (χ1v) is 6.58. The summed E-state index contributed by atoms with van der Waals surface area (Å²) in [5.41, 5.74) is 3.97. The number of amides is 1. The van der Waals surface area contributed by atoms with Crippen LogP contribution < -0.4 is 11.3 Å². The van der Waals surface area contributed by atoms with E-state index in [0.29, 0.717) is 11.6 Å². The largest absolute Gasteiger partial charge is 0.296 e. The zero-order valence-corrected chi connectivity index (χ0v) is 10.9. The van der Waals surface area contributed by atoms with Gasteiger partial charge in [-0.1, -0.05) is 19.1 Å². The minimum atomic E-state index is -0.231. The molecule has 1 aliphatic rings. The molecule has 0 bridgehead atoms. The van der Waals surface area contributed by atoms with Gasteiger partial charge in [-0.3, -0.25) is 15.1 Å². The van der Waals surface area contributed by atoms with Crippen LogP contribution in [0, 0.1) is 0 Å². The first-order chi connectivity index (χ1) is 8.74. The van der Waals surface area contributed by atoms with Crippen molar-refractivity contribution in [2.24, 2.45) is 5.84 Å². The molecule has 1 unspecified atom stereocenters. The zero-order valence-electron chi connectivity index (χ0n) is 10.9. The van der Waals surface area contributed by atoms with E-state index in [0.717, 1.165) is 13.1 Å². The van der Waals surface area contributed by atoms with Crippen LogP contribution in [0.25, 0.3) is 0 Å². The number of nitrogens with one attached hydrogen (secondary N) is 1. The monoisotopic (exact) mass is 247 g/mol. The van der Waals surface area contributed by atoms with Gasteiger partial charge in [0.05, 0.1) is 0 Å². The fraction of sp³-hybridized carbons (Fsp3) is 0.500. The molecule has 1 heterocycles. The van der Waals surface area contributed by atoms with Crippen LogP contribution in [-0.2, 0) is 6.54 Å². The molecule has 4 heteroatoms. The Morgan fingerprint density at radius 3 is 3.11 bits per heavy atom. The number of hydrazine groups is 1. The summed E-state index contributed by atoms with van der Waals surface area (Å²) in [4.78, 5) is 14.0. The van der Waals surface area contributed by atoms with Gasteiger partial charge in [0.15, 0.2) is 0 Å². The highest BCUT2D eigenvalue weighted by Gasteiger charge is 2.22. The summed E-state index contributed by atoms with van der Waals surface area (Å²) in [5, 5.41) is 0. The van der Waals surface area contributed by atoms with Gasteiger partial charge in [-0.25, -0.2) is 5.84 Å². The van der Waals surface area contributed by atoms with E-state index >= 15 is 0 Å². The quantitative estimate of drug-likeness (QED) is 0.483. The number of nitrogen functional groups attached to an aromatic ring is 1. The first kappa shape index (κ1) is 13.1. The molecule has 4 nitrogen and oxygen atoms in total. The molecule has 98 valence electrons. The van der Waals surface area contributed by atoms with Crippen LogP contribution in [-0.4, -0.2) is 23.4 Å². The van der Waals surface area contributed by atoms with Gasteiger partial charge in [0.25, 0.3) is 5.91 Å². The van der Waals surface area contributed by atoms with Crippen LogP contribution in [0.2, 0.25) is 0 Å². The lowest BCUT2D eigenvalue weighted by Crippen LogP contribution is -2.30. The Balaban J connectivity index is 2.07. The number of nitrogens with zero attached hydrogens (tertiary/aromatic N) is 1. The summed E-state index contributed by atoms with van der Waals surface area (Å²) in [5.74, 6) is 4.92. The summed E-state index contributed by atoms with van der Waals surface area (Å²) < 4.78 is 0. The molecule has 1 fully saturated rings. The minimum Gasteiger partial charge on any atom is -0.296 e. The summed E-state index contributed by atoms with van der Waals surface area (Å²) in [6.45, 7) is 4.32. The average Bonchev–Trinajstić information content (AvgIpc) is 2.85. The van der Waals surface area contributed by atoms with Crippen LogP contribution in [0.4, 0.5) is 0 Å². The molecule has 0 aliphatic carbocycles. The molecule has 18 heavy (non-hydrogen) atoms. The number of carbonyl (C=O) groups is 1. The molecule has 0 radical (unpaired) electrons. The van der Waals surface area contributed by atoms with Gasteiger partial charge in [0.2, 0.25) is 0 Å². The predicted octanol–water partition coefficient (Wildman–Crippen LogP) is 1.66. The van der Waals surface area contributed by atoms with Crippen molar-refractivity contribution in [3.05, 3.63) is 35.4 Å². The third-order valence-electron chi connectivity index (χ3n) is 3.68. The molecule has 1 aromatic carbocycles. The van der Waals surface area contributed by atoms with Gasteiger partial charge in [-0.2, -0.15) is 0 Å². The Bertz CT molecular complexity index is 419. The molecular formula is C14H21N3O. The molecule has 1 atom stereocenters. The Morgan fingerprint density at radius 2 is 2.39 bits per heavy atom. The molecule has 1 amide bonds. The van der Waals surface area contributed by atoms with E-state index in [-0.39, 0.29) is 5.91 Å². The van der Waals surface area contributed by atoms with Gasteiger partial charge >= 0.3 is 0 Å². The van der Waals surface area contributed by atoms with Gasteiger partial charge < -0.3 is 0 Å². The Labute approximate surface area is 108 Å². The smallest absolute Gasteiger partial charge is 0.265 e. The molecule has 1 aromatic rings. The maximum absolute atomic E-state index is 11.5. The first-order valence-electron chi connectivity index (χ1n) is 6.58. The van der Waals surface area contributed by atoms with Gasteiger partial charge in [0.1, 0.15) is 0 Å². The van der Waals surface area contributed by atoms with Crippen molar-refractivity contribution in [3.63, 3.8) is 0 Å². The van der Waals surface area contributed by atoms with Gasteiger partial charge in [0, 0.05) is 18.2 Å². The number of hydrogen-bond acceptors (Lipinski definition) is 3. The lowest BCUT2D eigenvalue weighted by Gasteiger charge is -2.23. The number of likely N-dealkylation sites (tertiary alicyclic amines) is 1. The number of hydrogen-bond donors (Lipinski definition) is 2. The Kier molecular flexibility index (Phi) is 4.33. The van der Waals surface area contributed by atoms with Crippen molar-refractivity contribution in [2.75, 3.05) is 6.54 Å². The van der Waals surface area contributed by atoms with E-state index in [1.165, 1.54) is 24.8 Å². The van der Waals surface area contributed by atoms with Crippen molar-refractivity contribution in [1.29, 1.82) is 0 Å². The fourth-order valence-corrected chi connectivity index (χ4v) is 2.69. The third-order valence-corrected chi connectivity index (χ3v) is 3.68. The van der Waals surface area contributed by atoms with E-state index in [4.69, 9.17) is 5.84 Å². The van der Waals surface area contributed by atoms with E-state index in [1.807, 2.05) is 12.1 Å². The third kappa shape index (κ3) is 2.89. The average molecular weight is 247 g/mol. The second-order valence-electron chi connectivity index (χ2n) is 4.85. The number of benzene rings is 1. The lowest BCUT2D eigenvalue weighted by molar-refractivity contribution is 0.0953. The highest BCUT2D eigenvalue weighted by atomic mass is 16.2. The molecule has 3 N–H and O–H groups in total. The van der Waals surface area contributed by atoms with E-state index < -0.39 is 0 Å². The van der Waals surface area contributed by atoms with Crippen LogP contribution >= 0.6 is 0 Å². The molecule has 0 aromatic heterocycles. The maximum Gasteiger partial charge on any atom is 0.265 e. The van der Waals surface area contributed by atoms with E-state index in [1.54, 1.807) is 6.07 Å².